The van der Waals surface area contributed by atoms with Gasteiger partial charge in [-0.1, -0.05) is 17.1 Å². The summed E-state index contributed by atoms with van der Waals surface area (Å²) < 4.78 is 0. The van der Waals surface area contributed by atoms with Crippen LogP contribution in [-0.4, -0.2) is 38.1 Å². The Kier molecular flexibility index (Phi) is 4.15. The fourth-order valence-corrected chi connectivity index (χ4v) is 1.26. The molecule has 96 valence electrons. The number of rotatable bonds is 3. The second-order valence-corrected chi connectivity index (χ2v) is 3.45. The lowest BCUT2D eigenvalue weighted by atomic mass is 10.2. The van der Waals surface area contributed by atoms with E-state index in [-0.39, 0.29) is 19.0 Å². The van der Waals surface area contributed by atoms with Crippen molar-refractivity contribution in [3.63, 3.8) is 0 Å². The summed E-state index contributed by atoms with van der Waals surface area (Å²) in [7, 11) is 0. The summed E-state index contributed by atoms with van der Waals surface area (Å²) in [5.41, 5.74) is 6.26. The van der Waals surface area contributed by atoms with Gasteiger partial charge in [-0.3, -0.25) is 4.79 Å². The van der Waals surface area contributed by atoms with Crippen LogP contribution in [0.1, 0.15) is 21.9 Å². The van der Waals surface area contributed by atoms with Gasteiger partial charge in [0, 0.05) is 11.8 Å². The highest BCUT2D eigenvalue weighted by Crippen LogP contribution is 1.99. The molecule has 0 aliphatic carbocycles. The van der Waals surface area contributed by atoms with Gasteiger partial charge in [0.05, 0.1) is 13.1 Å². The molecule has 0 bridgehead atoms. The molecule has 0 fully saturated rings. The molecule has 0 saturated carbocycles. The van der Waals surface area contributed by atoms with Crippen molar-refractivity contribution in [2.45, 2.75) is 6.54 Å². The lowest BCUT2D eigenvalue weighted by Crippen LogP contribution is -2.24. The zero-order valence-corrected chi connectivity index (χ0v) is 9.92. The lowest BCUT2D eigenvalue weighted by Gasteiger charge is -2.01. The molecule has 0 saturated heterocycles. The van der Waals surface area contributed by atoms with Crippen molar-refractivity contribution in [3.8, 4) is 11.8 Å². The van der Waals surface area contributed by atoms with Gasteiger partial charge in [0.2, 0.25) is 0 Å². The van der Waals surface area contributed by atoms with Gasteiger partial charge >= 0.3 is 0 Å². The minimum absolute atomic E-state index is 0.186. The number of amides is 1. The molecule has 0 aliphatic heterocycles. The van der Waals surface area contributed by atoms with Gasteiger partial charge in [0.1, 0.15) is 5.69 Å². The maximum Gasteiger partial charge on any atom is 0.270 e. The molecule has 8 nitrogen and oxygen atoms in total. The van der Waals surface area contributed by atoms with Gasteiger partial charge in [-0.2, -0.15) is 5.21 Å². The minimum atomic E-state index is -0.317. The van der Waals surface area contributed by atoms with Crippen LogP contribution in [0.2, 0.25) is 0 Å². The predicted molar refractivity (Wildman–Crippen MR) is 65.5 cm³/mol. The van der Waals surface area contributed by atoms with Gasteiger partial charge in [-0.05, 0) is 12.1 Å². The van der Waals surface area contributed by atoms with Crippen LogP contribution in [0.15, 0.2) is 18.3 Å². The largest absolute Gasteiger partial charge is 0.343 e. The van der Waals surface area contributed by atoms with Crippen LogP contribution in [0.25, 0.3) is 0 Å². The van der Waals surface area contributed by atoms with Crippen LogP contribution in [0.3, 0.4) is 0 Å². The Hall–Kier alpha value is -2.79. The summed E-state index contributed by atoms with van der Waals surface area (Å²) in [6, 6.07) is 3.30. The highest BCUT2D eigenvalue weighted by molar-refractivity contribution is 5.92. The summed E-state index contributed by atoms with van der Waals surface area (Å²) in [4.78, 5) is 15.8. The van der Waals surface area contributed by atoms with Crippen molar-refractivity contribution in [1.29, 1.82) is 0 Å². The van der Waals surface area contributed by atoms with E-state index in [4.69, 9.17) is 5.73 Å². The Bertz CT molecular complexity index is 594. The Morgan fingerprint density at radius 2 is 2.37 bits per heavy atom. The van der Waals surface area contributed by atoms with E-state index in [9.17, 15) is 4.79 Å². The van der Waals surface area contributed by atoms with E-state index in [0.717, 1.165) is 0 Å². The molecule has 0 unspecified atom stereocenters. The van der Waals surface area contributed by atoms with Crippen LogP contribution in [-0.2, 0) is 6.54 Å². The SMILES string of the molecule is NCC#Cc1ccc(C(=O)NCc2nn[nH]n2)nc1. The second-order valence-electron chi connectivity index (χ2n) is 3.45. The quantitative estimate of drug-likeness (QED) is 0.596. The minimum Gasteiger partial charge on any atom is -0.343 e. The number of nitrogens with one attached hydrogen (secondary N) is 2. The number of tetrazole rings is 1. The number of nitrogens with zero attached hydrogens (tertiary/aromatic N) is 4. The molecule has 0 aromatic carbocycles. The normalized spacial score (nSPS) is 9.53. The van der Waals surface area contributed by atoms with Gasteiger partial charge < -0.3 is 11.1 Å². The number of hydrogen-bond acceptors (Lipinski definition) is 6. The van der Waals surface area contributed by atoms with Gasteiger partial charge in [0.15, 0.2) is 5.82 Å². The van der Waals surface area contributed by atoms with E-state index in [1.54, 1.807) is 12.1 Å². The number of aromatic amines is 1. The van der Waals surface area contributed by atoms with Crippen molar-refractivity contribution in [1.82, 2.24) is 30.9 Å². The number of hydrogen-bond donors (Lipinski definition) is 3. The van der Waals surface area contributed by atoms with Crippen molar-refractivity contribution < 1.29 is 4.79 Å². The molecule has 0 radical (unpaired) electrons. The van der Waals surface area contributed by atoms with Crippen molar-refractivity contribution >= 4 is 5.91 Å². The van der Waals surface area contributed by atoms with E-state index >= 15 is 0 Å². The number of pyridine rings is 1. The number of carbonyl (C=O) groups excluding carboxylic acids is 1. The summed E-state index contributed by atoms with van der Waals surface area (Å²) >= 11 is 0. The highest BCUT2D eigenvalue weighted by atomic mass is 16.1. The van der Waals surface area contributed by atoms with Gasteiger partial charge in [0.25, 0.3) is 5.91 Å². The number of aromatic nitrogens is 5. The van der Waals surface area contributed by atoms with Crippen LogP contribution in [0.4, 0.5) is 0 Å². The Morgan fingerprint density at radius 3 is 3.00 bits per heavy atom. The zero-order chi connectivity index (χ0) is 13.5. The monoisotopic (exact) mass is 257 g/mol. The maximum absolute atomic E-state index is 11.7. The molecule has 0 atom stereocenters. The number of H-pyrrole nitrogens is 1. The average Bonchev–Trinajstić information content (AvgIpc) is 2.96. The van der Waals surface area contributed by atoms with Crippen LogP contribution >= 0.6 is 0 Å². The number of carbonyl (C=O) groups is 1. The molecular formula is C11H11N7O. The van der Waals surface area contributed by atoms with E-state index in [1.807, 2.05) is 0 Å². The van der Waals surface area contributed by atoms with Gasteiger partial charge in [-0.15, -0.1) is 10.2 Å². The average molecular weight is 257 g/mol. The fraction of sp³-hybridized carbons (Fsp3) is 0.182. The third-order valence-corrected chi connectivity index (χ3v) is 2.13. The maximum atomic E-state index is 11.7. The summed E-state index contributed by atoms with van der Waals surface area (Å²) in [6.45, 7) is 0.471. The van der Waals surface area contributed by atoms with E-state index in [2.05, 4.69) is 42.8 Å². The summed E-state index contributed by atoms with van der Waals surface area (Å²) in [6.07, 6.45) is 1.52. The Morgan fingerprint density at radius 1 is 1.47 bits per heavy atom. The van der Waals surface area contributed by atoms with Crippen LogP contribution < -0.4 is 11.1 Å². The number of nitrogens with two attached hydrogens (primary N) is 1. The first-order valence-corrected chi connectivity index (χ1v) is 5.45. The molecule has 2 heterocycles. The fourth-order valence-electron chi connectivity index (χ4n) is 1.26. The van der Waals surface area contributed by atoms with Crippen molar-refractivity contribution in [2.75, 3.05) is 6.54 Å². The summed E-state index contributed by atoms with van der Waals surface area (Å²) in [5.74, 6) is 5.62. The first-order valence-electron chi connectivity index (χ1n) is 5.45. The highest BCUT2D eigenvalue weighted by Gasteiger charge is 2.07. The third kappa shape index (κ3) is 3.58. The van der Waals surface area contributed by atoms with Gasteiger partial charge in [-0.25, -0.2) is 4.98 Å². The zero-order valence-electron chi connectivity index (χ0n) is 9.92. The predicted octanol–water partition coefficient (Wildman–Crippen LogP) is -1.17. The Labute approximate surface area is 108 Å². The first kappa shape index (κ1) is 12.7. The lowest BCUT2D eigenvalue weighted by molar-refractivity contribution is 0.0945. The molecule has 0 spiro atoms. The molecule has 1 amide bonds. The van der Waals surface area contributed by atoms with Crippen LogP contribution in [0, 0.1) is 11.8 Å². The first-order chi connectivity index (χ1) is 9.29. The molecule has 2 aromatic heterocycles. The summed E-state index contributed by atoms with van der Waals surface area (Å²) in [5, 5.41) is 15.7. The smallest absolute Gasteiger partial charge is 0.270 e. The van der Waals surface area contributed by atoms with E-state index in [0.29, 0.717) is 17.1 Å². The molecule has 2 rings (SSSR count). The van der Waals surface area contributed by atoms with Crippen molar-refractivity contribution in [3.05, 3.63) is 35.4 Å². The molecule has 0 aliphatic rings. The third-order valence-electron chi connectivity index (χ3n) is 2.13. The van der Waals surface area contributed by atoms with E-state index in [1.165, 1.54) is 6.20 Å². The van der Waals surface area contributed by atoms with E-state index < -0.39 is 0 Å². The molecular weight excluding hydrogens is 246 g/mol. The molecule has 4 N–H and O–H groups in total. The Balaban J connectivity index is 1.95. The molecule has 2 aromatic rings. The standard InChI is InChI=1S/C11H11N7O/c12-5-1-2-8-3-4-9(13-6-8)11(19)14-7-10-15-17-18-16-10/h3-4,6H,5,7,12H2,(H,14,19)(H,15,16,17,18). The second kappa shape index (κ2) is 6.23. The molecule has 19 heavy (non-hydrogen) atoms. The topological polar surface area (TPSA) is 122 Å². The molecule has 8 heteroatoms. The van der Waals surface area contributed by atoms with Crippen molar-refractivity contribution in [2.24, 2.45) is 5.73 Å². The van der Waals surface area contributed by atoms with Crippen LogP contribution in [0.5, 0.6) is 0 Å².